The number of amides is 1. The van der Waals surface area contributed by atoms with Gasteiger partial charge in [0, 0.05) is 16.8 Å². The molecule has 3 aromatic carbocycles. The Morgan fingerprint density at radius 2 is 1.55 bits per heavy atom. The lowest BCUT2D eigenvalue weighted by Crippen LogP contribution is -2.17. The summed E-state index contributed by atoms with van der Waals surface area (Å²) in [6.45, 7) is 1.99. The number of nitrogens with one attached hydrogen (secondary N) is 1. The molecular weight excluding hydrogens is 408 g/mol. The van der Waals surface area contributed by atoms with E-state index in [4.69, 9.17) is 0 Å². The number of thioether (sulfide) groups is 1. The fraction of sp³-hybridized carbons (Fsp3) is 0.0833. The van der Waals surface area contributed by atoms with Gasteiger partial charge in [-0.15, -0.1) is 5.10 Å². The van der Waals surface area contributed by atoms with E-state index >= 15 is 0 Å². The minimum Gasteiger partial charge on any atom is -0.325 e. The van der Waals surface area contributed by atoms with E-state index < -0.39 is 0 Å². The predicted octanol–water partition coefficient (Wildman–Crippen LogP) is 4.67. The van der Waals surface area contributed by atoms with Crippen LogP contribution in [0.25, 0.3) is 11.4 Å². The fourth-order valence-electron chi connectivity index (χ4n) is 2.90. The Morgan fingerprint density at radius 3 is 2.23 bits per heavy atom. The van der Waals surface area contributed by atoms with Crippen LogP contribution in [-0.2, 0) is 4.79 Å². The van der Waals surface area contributed by atoms with Gasteiger partial charge in [0.15, 0.2) is 11.0 Å². The van der Waals surface area contributed by atoms with Gasteiger partial charge in [0.05, 0.1) is 5.75 Å². The number of anilines is 1. The molecule has 1 aromatic heterocycles. The molecule has 0 aliphatic heterocycles. The summed E-state index contributed by atoms with van der Waals surface area (Å²) in [5, 5.41) is 7.66. The summed E-state index contributed by atoms with van der Waals surface area (Å²) in [4.78, 5) is 30.0. The Balaban J connectivity index is 1.56. The van der Waals surface area contributed by atoms with E-state index in [0.29, 0.717) is 16.5 Å². The van der Waals surface area contributed by atoms with Gasteiger partial charge in [0.25, 0.3) is 5.91 Å². The van der Waals surface area contributed by atoms with Crippen LogP contribution < -0.4 is 5.32 Å². The van der Waals surface area contributed by atoms with Crippen molar-refractivity contribution in [2.45, 2.75) is 12.1 Å². The lowest BCUT2D eigenvalue weighted by molar-refractivity contribution is -0.113. The van der Waals surface area contributed by atoms with E-state index in [1.165, 1.54) is 16.4 Å². The third-order valence-electron chi connectivity index (χ3n) is 4.49. The van der Waals surface area contributed by atoms with Gasteiger partial charge in [-0.05, 0) is 31.2 Å². The van der Waals surface area contributed by atoms with Gasteiger partial charge in [-0.1, -0.05) is 78.0 Å². The molecule has 7 heteroatoms. The van der Waals surface area contributed by atoms with Crippen molar-refractivity contribution >= 4 is 29.3 Å². The second-order valence-corrected chi connectivity index (χ2v) is 7.81. The van der Waals surface area contributed by atoms with E-state index in [2.05, 4.69) is 15.4 Å². The summed E-state index contributed by atoms with van der Waals surface area (Å²) in [6, 6.07) is 25.9. The van der Waals surface area contributed by atoms with Gasteiger partial charge in [-0.25, -0.2) is 4.98 Å². The van der Waals surface area contributed by atoms with E-state index in [9.17, 15) is 9.59 Å². The maximum absolute atomic E-state index is 13.0. The predicted molar refractivity (Wildman–Crippen MR) is 122 cm³/mol. The molecule has 4 rings (SSSR count). The number of hydrogen-bond acceptors (Lipinski definition) is 5. The maximum atomic E-state index is 13.0. The molecule has 1 amide bonds. The Morgan fingerprint density at radius 1 is 0.903 bits per heavy atom. The highest BCUT2D eigenvalue weighted by Crippen LogP contribution is 2.23. The standard InChI is InChI=1S/C24H20N4O2S/c1-17-12-14-20(15-13-17)25-21(29)16-31-24-26-22(18-8-4-2-5-9-18)27-28(24)23(30)19-10-6-3-7-11-19/h2-15H,16H2,1H3,(H,25,29). The molecule has 0 radical (unpaired) electrons. The molecule has 0 saturated heterocycles. The van der Waals surface area contributed by atoms with Crippen molar-refractivity contribution in [1.82, 2.24) is 14.8 Å². The molecule has 0 fully saturated rings. The molecular formula is C24H20N4O2S. The molecule has 0 unspecified atom stereocenters. The van der Waals surface area contributed by atoms with Crippen LogP contribution in [0.2, 0.25) is 0 Å². The van der Waals surface area contributed by atoms with Gasteiger partial charge in [0.2, 0.25) is 5.91 Å². The highest BCUT2D eigenvalue weighted by molar-refractivity contribution is 7.99. The van der Waals surface area contributed by atoms with Crippen molar-refractivity contribution in [3.63, 3.8) is 0 Å². The molecule has 1 heterocycles. The van der Waals surface area contributed by atoms with Gasteiger partial charge < -0.3 is 5.32 Å². The third kappa shape index (κ3) is 5.07. The minimum absolute atomic E-state index is 0.100. The summed E-state index contributed by atoms with van der Waals surface area (Å²) in [7, 11) is 0. The highest BCUT2D eigenvalue weighted by atomic mass is 32.2. The summed E-state index contributed by atoms with van der Waals surface area (Å²) < 4.78 is 1.27. The van der Waals surface area contributed by atoms with E-state index in [-0.39, 0.29) is 17.6 Å². The number of benzene rings is 3. The van der Waals surface area contributed by atoms with Gasteiger partial charge in [0.1, 0.15) is 0 Å². The van der Waals surface area contributed by atoms with E-state index in [1.54, 1.807) is 24.3 Å². The fourth-order valence-corrected chi connectivity index (χ4v) is 3.63. The Labute approximate surface area is 184 Å². The average molecular weight is 429 g/mol. The number of nitrogens with zero attached hydrogens (tertiary/aromatic N) is 3. The average Bonchev–Trinajstić information content (AvgIpc) is 3.24. The molecule has 0 atom stereocenters. The highest BCUT2D eigenvalue weighted by Gasteiger charge is 2.20. The molecule has 1 N–H and O–H groups in total. The molecule has 6 nitrogen and oxygen atoms in total. The molecule has 0 aliphatic carbocycles. The first-order chi connectivity index (χ1) is 15.1. The maximum Gasteiger partial charge on any atom is 0.280 e. The normalized spacial score (nSPS) is 10.6. The van der Waals surface area contributed by atoms with Gasteiger partial charge in [-0.2, -0.15) is 4.68 Å². The van der Waals surface area contributed by atoms with Crippen molar-refractivity contribution in [2.75, 3.05) is 11.1 Å². The lowest BCUT2D eigenvalue weighted by atomic mass is 10.2. The quantitative estimate of drug-likeness (QED) is 0.452. The van der Waals surface area contributed by atoms with Crippen molar-refractivity contribution < 1.29 is 9.59 Å². The van der Waals surface area contributed by atoms with Gasteiger partial charge >= 0.3 is 0 Å². The number of aryl methyl sites for hydroxylation is 1. The SMILES string of the molecule is Cc1ccc(NC(=O)CSc2nc(-c3ccccc3)nn2C(=O)c2ccccc2)cc1. The Bertz CT molecular complexity index is 1190. The number of hydrogen-bond donors (Lipinski definition) is 1. The zero-order valence-electron chi connectivity index (χ0n) is 16.9. The summed E-state index contributed by atoms with van der Waals surface area (Å²) >= 11 is 1.17. The molecule has 0 saturated carbocycles. The van der Waals surface area contributed by atoms with Crippen LogP contribution in [0.3, 0.4) is 0 Å². The first-order valence-electron chi connectivity index (χ1n) is 9.72. The Kier molecular flexibility index (Phi) is 6.24. The molecule has 0 aliphatic rings. The first-order valence-corrected chi connectivity index (χ1v) is 10.7. The van der Waals surface area contributed by atoms with Crippen LogP contribution in [0.15, 0.2) is 90.1 Å². The van der Waals surface area contributed by atoms with Crippen LogP contribution in [0.4, 0.5) is 5.69 Å². The number of aromatic nitrogens is 3. The van der Waals surface area contributed by atoms with Crippen LogP contribution >= 0.6 is 11.8 Å². The number of carbonyl (C=O) groups excluding carboxylic acids is 2. The van der Waals surface area contributed by atoms with Gasteiger partial charge in [-0.3, -0.25) is 9.59 Å². The number of rotatable bonds is 6. The topological polar surface area (TPSA) is 76.9 Å². The molecule has 4 aromatic rings. The zero-order chi connectivity index (χ0) is 21.6. The summed E-state index contributed by atoms with van der Waals surface area (Å²) in [5.41, 5.74) is 3.14. The molecule has 31 heavy (non-hydrogen) atoms. The summed E-state index contributed by atoms with van der Waals surface area (Å²) in [6.07, 6.45) is 0. The smallest absolute Gasteiger partial charge is 0.280 e. The van der Waals surface area contributed by atoms with Crippen LogP contribution in [0, 0.1) is 6.92 Å². The van der Waals surface area contributed by atoms with Crippen molar-refractivity contribution in [2.24, 2.45) is 0 Å². The van der Waals surface area contributed by atoms with Crippen LogP contribution in [0.1, 0.15) is 15.9 Å². The monoisotopic (exact) mass is 428 g/mol. The molecule has 0 spiro atoms. The molecule has 0 bridgehead atoms. The molecule has 154 valence electrons. The first kappa shape index (κ1) is 20.6. The largest absolute Gasteiger partial charge is 0.325 e. The van der Waals surface area contributed by atoms with E-state index in [1.807, 2.05) is 67.6 Å². The minimum atomic E-state index is -0.295. The van der Waals surface area contributed by atoms with Crippen molar-refractivity contribution in [1.29, 1.82) is 0 Å². The lowest BCUT2D eigenvalue weighted by Gasteiger charge is -2.06. The second kappa shape index (κ2) is 9.40. The number of carbonyl (C=O) groups is 2. The third-order valence-corrected chi connectivity index (χ3v) is 5.42. The van der Waals surface area contributed by atoms with Crippen LogP contribution in [-0.4, -0.2) is 32.3 Å². The Hall–Kier alpha value is -3.71. The van der Waals surface area contributed by atoms with E-state index in [0.717, 1.165) is 16.8 Å². The van der Waals surface area contributed by atoms with Crippen molar-refractivity contribution in [3.05, 3.63) is 96.1 Å². The van der Waals surface area contributed by atoms with Crippen LogP contribution in [0.5, 0.6) is 0 Å². The summed E-state index contributed by atoms with van der Waals surface area (Å²) in [5.74, 6) is 0.0583. The second-order valence-electron chi connectivity index (χ2n) is 6.87. The zero-order valence-corrected chi connectivity index (χ0v) is 17.7. The van der Waals surface area contributed by atoms with Crippen molar-refractivity contribution in [3.8, 4) is 11.4 Å².